The second-order valence-electron chi connectivity index (χ2n) is 4.27. The van der Waals surface area contributed by atoms with Gasteiger partial charge in [-0.2, -0.15) is 0 Å². The lowest BCUT2D eigenvalue weighted by Crippen LogP contribution is -2.44. The molecule has 0 saturated heterocycles. The molecule has 5 nitrogen and oxygen atoms in total. The minimum Gasteiger partial charge on any atom is -0.453 e. The summed E-state index contributed by atoms with van der Waals surface area (Å²) < 4.78 is 86.2. The van der Waals surface area contributed by atoms with Gasteiger partial charge in [0, 0.05) is 13.2 Å². The summed E-state index contributed by atoms with van der Waals surface area (Å²) in [6.45, 7) is 2.57. The van der Waals surface area contributed by atoms with E-state index in [2.05, 4.69) is 4.74 Å². The van der Waals surface area contributed by atoms with E-state index in [1.54, 1.807) is 13.8 Å². The fraction of sp³-hybridized carbons (Fsp3) is 0.462. The number of ether oxygens (including phenoxy) is 3. The van der Waals surface area contributed by atoms with Gasteiger partial charge in [0.25, 0.3) is 0 Å². The van der Waals surface area contributed by atoms with Gasteiger partial charge in [0.2, 0.25) is 5.82 Å². The summed E-state index contributed by atoms with van der Waals surface area (Å²) >= 11 is 0. The molecule has 0 aliphatic rings. The maximum Gasteiger partial charge on any atom is 0.344 e. The summed E-state index contributed by atoms with van der Waals surface area (Å²) in [4.78, 5) is 11.8. The molecule has 1 aromatic rings. The lowest BCUT2D eigenvalue weighted by Gasteiger charge is -2.31. The van der Waals surface area contributed by atoms with Crippen LogP contribution in [-0.2, 0) is 18.6 Å². The molecule has 0 heterocycles. The predicted molar refractivity (Wildman–Crippen MR) is 73.5 cm³/mol. The summed E-state index contributed by atoms with van der Waals surface area (Å²) in [6, 6.07) is 0. The standard InChI is InChI=1S/C13H15F5O5Si/c1-3-21-13(23-24,22-4-2)5-20-12(19)6-7(14)9(16)11(18)10(17)8(6)15/h3-5H2,1-2,24H3. The number of benzene rings is 1. The van der Waals surface area contributed by atoms with Crippen LogP contribution in [0.1, 0.15) is 24.2 Å². The molecule has 0 unspecified atom stereocenters. The van der Waals surface area contributed by atoms with Gasteiger partial charge < -0.3 is 18.6 Å². The molecule has 0 atom stereocenters. The van der Waals surface area contributed by atoms with Crippen molar-refractivity contribution in [3.63, 3.8) is 0 Å². The smallest absolute Gasteiger partial charge is 0.344 e. The maximum atomic E-state index is 13.5. The zero-order chi connectivity index (χ0) is 18.5. The molecule has 0 aromatic heterocycles. The summed E-state index contributed by atoms with van der Waals surface area (Å²) in [5, 5.41) is 0. The number of hydrogen-bond donors (Lipinski definition) is 0. The van der Waals surface area contributed by atoms with Gasteiger partial charge in [-0.05, 0) is 13.8 Å². The molecule has 0 N–H and O–H groups in total. The summed E-state index contributed by atoms with van der Waals surface area (Å²) in [6.07, 6.45) is 0. The zero-order valence-corrected chi connectivity index (χ0v) is 15.1. The third-order valence-corrected chi connectivity index (χ3v) is 3.46. The fourth-order valence-electron chi connectivity index (χ4n) is 1.75. The first kappa shape index (κ1) is 20.5. The highest BCUT2D eigenvalue weighted by Crippen LogP contribution is 2.24. The molecule has 0 amide bonds. The van der Waals surface area contributed by atoms with Gasteiger partial charge in [-0.1, -0.05) is 0 Å². The normalized spacial score (nSPS) is 11.8. The second kappa shape index (κ2) is 8.51. The van der Waals surface area contributed by atoms with Crippen LogP contribution in [0.25, 0.3) is 0 Å². The van der Waals surface area contributed by atoms with Gasteiger partial charge in [-0.3, -0.25) is 0 Å². The first-order chi connectivity index (χ1) is 11.2. The van der Waals surface area contributed by atoms with Crippen LogP contribution in [0.3, 0.4) is 0 Å². The Bertz CT molecular complexity index is 578. The topological polar surface area (TPSA) is 54.0 Å². The van der Waals surface area contributed by atoms with E-state index in [4.69, 9.17) is 13.9 Å². The Kier molecular flexibility index (Phi) is 7.26. The van der Waals surface area contributed by atoms with Crippen molar-refractivity contribution in [1.29, 1.82) is 0 Å². The van der Waals surface area contributed by atoms with Crippen LogP contribution < -0.4 is 0 Å². The minimum atomic E-state index is -2.37. The molecule has 0 bridgehead atoms. The van der Waals surface area contributed by atoms with E-state index in [9.17, 15) is 26.7 Å². The molecule has 11 heteroatoms. The molecular formula is C13H15F5O5Si. The molecular weight excluding hydrogens is 359 g/mol. The Morgan fingerprint density at radius 2 is 1.33 bits per heavy atom. The summed E-state index contributed by atoms with van der Waals surface area (Å²) in [5.41, 5.74) is -1.71. The maximum absolute atomic E-state index is 13.5. The van der Waals surface area contributed by atoms with Crippen molar-refractivity contribution in [2.24, 2.45) is 0 Å². The van der Waals surface area contributed by atoms with Crippen LogP contribution in [0.5, 0.6) is 0 Å². The van der Waals surface area contributed by atoms with Crippen LogP contribution in [0.4, 0.5) is 22.0 Å². The monoisotopic (exact) mass is 374 g/mol. The van der Waals surface area contributed by atoms with E-state index in [0.717, 1.165) is 0 Å². The van der Waals surface area contributed by atoms with Gasteiger partial charge in [0.15, 0.2) is 40.4 Å². The van der Waals surface area contributed by atoms with Crippen LogP contribution in [-0.4, -0.2) is 42.2 Å². The average Bonchev–Trinajstić information content (AvgIpc) is 2.56. The SMILES string of the molecule is CCOC(COC(=O)c1c(F)c(F)c(F)c(F)c1F)(O[SiH3])OCC. The van der Waals surface area contributed by atoms with Gasteiger partial charge in [0.05, 0.1) is 0 Å². The van der Waals surface area contributed by atoms with E-state index in [1.165, 1.54) is 0 Å². The first-order valence-corrected chi connectivity index (χ1v) is 7.57. The van der Waals surface area contributed by atoms with Crippen LogP contribution in [0.15, 0.2) is 0 Å². The molecule has 0 fully saturated rings. The highest BCUT2D eigenvalue weighted by Gasteiger charge is 2.36. The summed E-state index contributed by atoms with van der Waals surface area (Å²) in [5.74, 6) is -15.0. The van der Waals surface area contributed by atoms with E-state index in [1.807, 2.05) is 0 Å². The highest BCUT2D eigenvalue weighted by molar-refractivity contribution is 5.98. The Balaban J connectivity index is 3.08. The molecule has 0 aliphatic heterocycles. The van der Waals surface area contributed by atoms with Gasteiger partial charge in [0.1, 0.15) is 5.56 Å². The Morgan fingerprint density at radius 3 is 1.71 bits per heavy atom. The highest BCUT2D eigenvalue weighted by atomic mass is 28.2. The van der Waals surface area contributed by atoms with Gasteiger partial charge in [-0.25, -0.2) is 26.7 Å². The molecule has 1 rings (SSSR count). The molecule has 0 aliphatic carbocycles. The number of rotatable bonds is 8. The predicted octanol–water partition coefficient (Wildman–Crippen LogP) is 1.56. The quantitative estimate of drug-likeness (QED) is 0.173. The number of halogens is 5. The lowest BCUT2D eigenvalue weighted by atomic mass is 10.1. The van der Waals surface area contributed by atoms with Crippen LogP contribution in [0.2, 0.25) is 0 Å². The van der Waals surface area contributed by atoms with E-state index >= 15 is 0 Å². The van der Waals surface area contributed by atoms with Crippen molar-refractivity contribution in [3.05, 3.63) is 34.6 Å². The average molecular weight is 374 g/mol. The van der Waals surface area contributed by atoms with Crippen LogP contribution >= 0.6 is 0 Å². The van der Waals surface area contributed by atoms with Gasteiger partial charge >= 0.3 is 11.9 Å². The lowest BCUT2D eigenvalue weighted by molar-refractivity contribution is -0.352. The minimum absolute atomic E-state index is 0.0856. The number of esters is 1. The fourth-order valence-corrected chi connectivity index (χ4v) is 2.11. The third-order valence-electron chi connectivity index (χ3n) is 2.83. The molecule has 0 saturated carbocycles. The summed E-state index contributed by atoms with van der Waals surface area (Å²) in [7, 11) is 0.0883. The Hall–Kier alpha value is -1.56. The van der Waals surface area contributed by atoms with E-state index in [-0.39, 0.29) is 23.7 Å². The molecule has 0 radical (unpaired) electrons. The number of hydrogen-bond acceptors (Lipinski definition) is 5. The third kappa shape index (κ3) is 4.09. The van der Waals surface area contributed by atoms with E-state index < -0.39 is 53.2 Å². The number of carbonyl (C=O) groups excluding carboxylic acids is 1. The zero-order valence-electron chi connectivity index (χ0n) is 13.1. The van der Waals surface area contributed by atoms with E-state index in [0.29, 0.717) is 0 Å². The molecule has 0 spiro atoms. The first-order valence-electron chi connectivity index (χ1n) is 6.76. The van der Waals surface area contributed by atoms with Crippen molar-refractivity contribution in [2.45, 2.75) is 19.8 Å². The molecule has 24 heavy (non-hydrogen) atoms. The van der Waals surface area contributed by atoms with Crippen molar-refractivity contribution in [3.8, 4) is 0 Å². The van der Waals surface area contributed by atoms with Crippen molar-refractivity contribution < 1.29 is 45.4 Å². The van der Waals surface area contributed by atoms with Crippen molar-refractivity contribution in [1.82, 2.24) is 0 Å². The second-order valence-corrected chi connectivity index (χ2v) is 4.68. The van der Waals surface area contributed by atoms with Gasteiger partial charge in [-0.15, -0.1) is 0 Å². The van der Waals surface area contributed by atoms with Crippen molar-refractivity contribution >= 4 is 16.5 Å². The molecule has 136 valence electrons. The Labute approximate surface area is 137 Å². The number of carbonyl (C=O) groups is 1. The van der Waals surface area contributed by atoms with Crippen molar-refractivity contribution in [2.75, 3.05) is 19.8 Å². The van der Waals surface area contributed by atoms with Crippen LogP contribution in [0, 0.1) is 29.1 Å². The molecule has 1 aromatic carbocycles. The largest absolute Gasteiger partial charge is 0.453 e. The Morgan fingerprint density at radius 1 is 0.917 bits per heavy atom.